The summed E-state index contributed by atoms with van der Waals surface area (Å²) in [4.78, 5) is 1.32. The molecule has 0 aliphatic carbocycles. The molecule has 5 atom stereocenters. The average Bonchev–Trinajstić information content (AvgIpc) is 3.06. The zero-order valence-electron chi connectivity index (χ0n) is 14.8. The summed E-state index contributed by atoms with van der Waals surface area (Å²) in [5.41, 5.74) is 0.959. The Morgan fingerprint density at radius 3 is 2.54 bits per heavy atom. The summed E-state index contributed by atoms with van der Waals surface area (Å²) in [5, 5.41) is 10.9. The Balaban J connectivity index is 1.56. The molecule has 3 saturated heterocycles. The lowest BCUT2D eigenvalue weighted by Gasteiger charge is -2.41. The fourth-order valence-electron chi connectivity index (χ4n) is 4.24. The first-order valence-electron chi connectivity index (χ1n) is 9.25. The summed E-state index contributed by atoms with van der Waals surface area (Å²) in [6, 6.07) is 6.21. The Kier molecular flexibility index (Phi) is 5.06. The average molecular weight is 384 g/mol. The lowest BCUT2D eigenvalue weighted by molar-refractivity contribution is -0.938. The fraction of sp³-hybridized carbons (Fsp3) is 0.667. The number of hydrogen-bond donors (Lipinski definition) is 2. The van der Waals surface area contributed by atoms with Gasteiger partial charge in [-0.1, -0.05) is 17.7 Å². The molecule has 1 aromatic rings. The van der Waals surface area contributed by atoms with E-state index in [1.807, 2.05) is 6.92 Å². The van der Waals surface area contributed by atoms with Crippen molar-refractivity contribution in [1.29, 1.82) is 0 Å². The van der Waals surface area contributed by atoms with E-state index in [9.17, 15) is 13.5 Å². The molecule has 3 fully saturated rings. The van der Waals surface area contributed by atoms with Gasteiger partial charge in [-0.15, -0.1) is 0 Å². The predicted molar refractivity (Wildman–Crippen MR) is 92.2 cm³/mol. The van der Waals surface area contributed by atoms with Crippen LogP contribution in [0.4, 0.5) is 0 Å². The van der Waals surface area contributed by atoms with Gasteiger partial charge < -0.3 is 19.5 Å². The van der Waals surface area contributed by atoms with Crippen LogP contribution in [0.5, 0.6) is 0 Å². The highest BCUT2D eigenvalue weighted by molar-refractivity contribution is 7.86. The molecular formula is C18H26NO6S+. The van der Waals surface area contributed by atoms with Crippen LogP contribution in [-0.4, -0.2) is 63.9 Å². The zero-order chi connectivity index (χ0) is 18.3. The number of aliphatic hydroxyl groups excluding tert-OH is 1. The first-order valence-corrected chi connectivity index (χ1v) is 10.7. The Bertz CT molecular complexity index is 731. The predicted octanol–water partition coefficient (Wildman–Crippen LogP) is -0.378. The number of aliphatic hydroxyl groups is 1. The van der Waals surface area contributed by atoms with Crippen molar-refractivity contribution >= 4 is 10.1 Å². The number of benzene rings is 1. The molecule has 2 bridgehead atoms. The Labute approximate surface area is 154 Å². The van der Waals surface area contributed by atoms with Crippen LogP contribution < -0.4 is 4.90 Å². The smallest absolute Gasteiger partial charge is 0.297 e. The summed E-state index contributed by atoms with van der Waals surface area (Å²) < 4.78 is 42.2. The maximum absolute atomic E-state index is 12.7. The standard InChI is InChI=1S/C18H25NO6S/c1-12-5-7-13(8-6-12)26(21,22)25-17-16(20)15(14-11-23-18(17)24-14)19-9-3-2-4-10-19/h5-8,14-18,20H,2-4,9-11H2,1H3/p+1/t14-,15+,16-,17+,18-/m1/s1. The molecule has 0 saturated carbocycles. The summed E-state index contributed by atoms with van der Waals surface area (Å²) in [5.74, 6) is 0. The lowest BCUT2D eigenvalue weighted by Crippen LogP contribution is -3.19. The first-order chi connectivity index (χ1) is 12.5. The van der Waals surface area contributed by atoms with E-state index in [0.717, 1.165) is 31.5 Å². The summed E-state index contributed by atoms with van der Waals surface area (Å²) in [7, 11) is -4.02. The van der Waals surface area contributed by atoms with Crippen molar-refractivity contribution in [3.05, 3.63) is 29.8 Å². The van der Waals surface area contributed by atoms with Crippen LogP contribution in [0.15, 0.2) is 29.2 Å². The molecular weight excluding hydrogens is 358 g/mol. The van der Waals surface area contributed by atoms with E-state index in [-0.39, 0.29) is 17.0 Å². The lowest BCUT2D eigenvalue weighted by atomic mass is 9.94. The number of quaternary nitrogens is 1. The van der Waals surface area contributed by atoms with Crippen molar-refractivity contribution in [2.75, 3.05) is 19.7 Å². The van der Waals surface area contributed by atoms with E-state index in [1.165, 1.54) is 23.5 Å². The minimum absolute atomic E-state index is 0.0669. The van der Waals surface area contributed by atoms with Gasteiger partial charge in [0.05, 0.1) is 24.6 Å². The third-order valence-corrected chi connectivity index (χ3v) is 6.95. The minimum atomic E-state index is -4.02. The molecule has 3 heterocycles. The van der Waals surface area contributed by atoms with E-state index in [0.29, 0.717) is 6.61 Å². The summed E-state index contributed by atoms with van der Waals surface area (Å²) in [6.07, 6.45) is 0.319. The van der Waals surface area contributed by atoms with Gasteiger partial charge in [0.2, 0.25) is 0 Å². The van der Waals surface area contributed by atoms with Crippen LogP contribution in [0.3, 0.4) is 0 Å². The summed E-state index contributed by atoms with van der Waals surface area (Å²) in [6.45, 7) is 4.14. The molecule has 26 heavy (non-hydrogen) atoms. The normalized spacial score (nSPS) is 35.5. The minimum Gasteiger partial charge on any atom is -0.384 e. The molecule has 3 aliphatic heterocycles. The quantitative estimate of drug-likeness (QED) is 0.689. The van der Waals surface area contributed by atoms with E-state index in [4.69, 9.17) is 13.7 Å². The second-order valence-electron chi connectivity index (χ2n) is 7.44. The molecule has 0 spiro atoms. The highest BCUT2D eigenvalue weighted by Gasteiger charge is 2.56. The monoisotopic (exact) mass is 384 g/mol. The highest BCUT2D eigenvalue weighted by atomic mass is 32.2. The van der Waals surface area contributed by atoms with Gasteiger partial charge in [0.1, 0.15) is 18.2 Å². The molecule has 0 radical (unpaired) electrons. The largest absolute Gasteiger partial charge is 0.384 e. The number of aryl methyl sites for hydroxylation is 1. The third kappa shape index (κ3) is 3.42. The van der Waals surface area contributed by atoms with Gasteiger partial charge in [-0.25, -0.2) is 0 Å². The topological polar surface area (TPSA) is 86.5 Å². The first kappa shape index (κ1) is 18.3. The van der Waals surface area contributed by atoms with Gasteiger partial charge in [-0.3, -0.25) is 4.18 Å². The van der Waals surface area contributed by atoms with Gasteiger partial charge in [-0.05, 0) is 38.3 Å². The van der Waals surface area contributed by atoms with Crippen LogP contribution in [0.25, 0.3) is 0 Å². The maximum Gasteiger partial charge on any atom is 0.297 e. The van der Waals surface area contributed by atoms with Gasteiger partial charge in [0.15, 0.2) is 12.4 Å². The molecule has 0 amide bonds. The molecule has 2 N–H and O–H groups in total. The van der Waals surface area contributed by atoms with Crippen LogP contribution in [-0.2, 0) is 23.8 Å². The van der Waals surface area contributed by atoms with E-state index < -0.39 is 28.6 Å². The number of likely N-dealkylation sites (tertiary alicyclic amines) is 1. The number of piperidine rings is 1. The van der Waals surface area contributed by atoms with Crippen LogP contribution >= 0.6 is 0 Å². The molecule has 7 nitrogen and oxygen atoms in total. The number of fused-ring (bicyclic) bond motifs is 2. The zero-order valence-corrected chi connectivity index (χ0v) is 15.7. The van der Waals surface area contributed by atoms with Crippen LogP contribution in [0, 0.1) is 6.92 Å². The van der Waals surface area contributed by atoms with Gasteiger partial charge in [0.25, 0.3) is 10.1 Å². The van der Waals surface area contributed by atoms with Crippen molar-refractivity contribution in [3.63, 3.8) is 0 Å². The number of ether oxygens (including phenoxy) is 2. The van der Waals surface area contributed by atoms with Crippen molar-refractivity contribution in [2.24, 2.45) is 0 Å². The molecule has 8 heteroatoms. The molecule has 4 rings (SSSR count). The van der Waals surface area contributed by atoms with Gasteiger partial charge in [-0.2, -0.15) is 8.42 Å². The van der Waals surface area contributed by atoms with E-state index in [1.54, 1.807) is 12.1 Å². The second kappa shape index (κ2) is 7.18. The number of rotatable bonds is 4. The number of nitrogens with one attached hydrogen (secondary N) is 1. The third-order valence-electron chi connectivity index (χ3n) is 5.62. The molecule has 0 unspecified atom stereocenters. The molecule has 144 valence electrons. The maximum atomic E-state index is 12.7. The van der Waals surface area contributed by atoms with Crippen LogP contribution in [0.2, 0.25) is 0 Å². The highest BCUT2D eigenvalue weighted by Crippen LogP contribution is 2.31. The number of hydrogen-bond acceptors (Lipinski definition) is 6. The summed E-state index contributed by atoms with van der Waals surface area (Å²) >= 11 is 0. The Hall–Kier alpha value is -1.03. The molecule has 1 aromatic carbocycles. The van der Waals surface area contributed by atoms with E-state index in [2.05, 4.69) is 0 Å². The second-order valence-corrected chi connectivity index (χ2v) is 9.01. The van der Waals surface area contributed by atoms with Crippen LogP contribution in [0.1, 0.15) is 24.8 Å². The molecule has 3 aliphatic rings. The van der Waals surface area contributed by atoms with Crippen molar-refractivity contribution in [1.82, 2.24) is 0 Å². The van der Waals surface area contributed by atoms with Gasteiger partial charge >= 0.3 is 0 Å². The SMILES string of the molecule is Cc1ccc(S(=O)(=O)O[C@@H]2[C@@H]3OC[C@@H](O3)[C@H]([NH+]3CCCCC3)[C@H]2O)cc1. The van der Waals surface area contributed by atoms with Crippen molar-refractivity contribution < 1.29 is 32.1 Å². The Morgan fingerprint density at radius 1 is 1.15 bits per heavy atom. The fourth-order valence-corrected chi connectivity index (χ4v) is 5.32. The van der Waals surface area contributed by atoms with Gasteiger partial charge in [0, 0.05) is 0 Å². The van der Waals surface area contributed by atoms with E-state index >= 15 is 0 Å². The Morgan fingerprint density at radius 2 is 1.85 bits per heavy atom. The van der Waals surface area contributed by atoms with Crippen molar-refractivity contribution in [3.8, 4) is 0 Å². The van der Waals surface area contributed by atoms with Crippen molar-refractivity contribution in [2.45, 2.75) is 61.7 Å². The molecule has 0 aromatic heterocycles.